The van der Waals surface area contributed by atoms with E-state index in [1.54, 1.807) is 0 Å². The predicted molar refractivity (Wildman–Crippen MR) is 63.3 cm³/mol. The second kappa shape index (κ2) is 5.22. The maximum Gasteiger partial charge on any atom is 0.184 e. The van der Waals surface area contributed by atoms with E-state index in [2.05, 4.69) is 15.6 Å². The van der Waals surface area contributed by atoms with Gasteiger partial charge in [0.1, 0.15) is 5.69 Å². The summed E-state index contributed by atoms with van der Waals surface area (Å²) in [6.45, 7) is 4.48. The highest BCUT2D eigenvalue weighted by Gasteiger charge is 2.13. The minimum absolute atomic E-state index is 0.0630. The van der Waals surface area contributed by atoms with Crippen molar-refractivity contribution in [1.29, 1.82) is 0 Å². The van der Waals surface area contributed by atoms with Gasteiger partial charge < -0.3 is 5.32 Å². The van der Waals surface area contributed by atoms with Crippen molar-refractivity contribution in [3.05, 3.63) is 41.7 Å². The molecule has 0 spiro atoms. The summed E-state index contributed by atoms with van der Waals surface area (Å²) in [5.41, 5.74) is 0.737. The van der Waals surface area contributed by atoms with E-state index in [9.17, 15) is 8.78 Å². The molecule has 0 saturated heterocycles. The molecule has 0 aliphatic rings. The number of aromatic nitrogens is 3. The van der Waals surface area contributed by atoms with Crippen molar-refractivity contribution in [1.82, 2.24) is 20.3 Å². The van der Waals surface area contributed by atoms with E-state index in [1.165, 1.54) is 23.0 Å². The first-order valence-corrected chi connectivity index (χ1v) is 5.67. The molecule has 0 aliphatic carbocycles. The summed E-state index contributed by atoms with van der Waals surface area (Å²) >= 11 is 0. The fourth-order valence-electron chi connectivity index (χ4n) is 1.54. The second-order valence-corrected chi connectivity index (χ2v) is 4.25. The minimum Gasteiger partial charge on any atom is -0.309 e. The molecule has 0 saturated carbocycles. The molecule has 0 bridgehead atoms. The first-order chi connectivity index (χ1) is 8.59. The van der Waals surface area contributed by atoms with Crippen LogP contribution in [0.3, 0.4) is 0 Å². The lowest BCUT2D eigenvalue weighted by atomic mass is 10.3. The molecule has 0 amide bonds. The lowest BCUT2D eigenvalue weighted by molar-refractivity contribution is 0.496. The molecular weight excluding hydrogens is 238 g/mol. The van der Waals surface area contributed by atoms with Crippen LogP contribution in [0.5, 0.6) is 0 Å². The van der Waals surface area contributed by atoms with Gasteiger partial charge in [-0.1, -0.05) is 25.1 Å². The lowest BCUT2D eigenvalue weighted by Crippen LogP contribution is -2.23. The van der Waals surface area contributed by atoms with E-state index >= 15 is 0 Å². The molecule has 0 unspecified atom stereocenters. The number of hydrogen-bond acceptors (Lipinski definition) is 3. The van der Waals surface area contributed by atoms with Gasteiger partial charge >= 0.3 is 0 Å². The van der Waals surface area contributed by atoms with Crippen LogP contribution < -0.4 is 5.32 Å². The van der Waals surface area contributed by atoms with Crippen LogP contribution in [0, 0.1) is 11.6 Å². The zero-order valence-corrected chi connectivity index (χ0v) is 10.2. The molecule has 96 valence electrons. The van der Waals surface area contributed by atoms with E-state index < -0.39 is 11.6 Å². The van der Waals surface area contributed by atoms with Crippen LogP contribution >= 0.6 is 0 Å². The van der Waals surface area contributed by atoms with Crippen LogP contribution in [0.1, 0.15) is 19.5 Å². The molecule has 6 heteroatoms. The summed E-state index contributed by atoms with van der Waals surface area (Å²) < 4.78 is 28.1. The first kappa shape index (κ1) is 12.6. The zero-order valence-electron chi connectivity index (χ0n) is 10.2. The third kappa shape index (κ3) is 2.53. The average Bonchev–Trinajstić information content (AvgIpc) is 2.78. The number of halogens is 2. The fraction of sp³-hybridized carbons (Fsp3) is 0.333. The lowest BCUT2D eigenvalue weighted by Gasteiger charge is -2.10. The molecule has 2 aromatic rings. The van der Waals surface area contributed by atoms with Crippen molar-refractivity contribution in [2.24, 2.45) is 0 Å². The van der Waals surface area contributed by atoms with E-state index in [4.69, 9.17) is 0 Å². The number of hydrogen-bond donors (Lipinski definition) is 1. The van der Waals surface area contributed by atoms with Gasteiger partial charge in [0.25, 0.3) is 0 Å². The van der Waals surface area contributed by atoms with Gasteiger partial charge in [-0.15, -0.1) is 5.10 Å². The summed E-state index contributed by atoms with van der Waals surface area (Å²) in [5, 5.41) is 10.7. The Morgan fingerprint density at radius 1 is 1.33 bits per heavy atom. The van der Waals surface area contributed by atoms with Gasteiger partial charge in [-0.2, -0.15) is 0 Å². The Labute approximate surface area is 104 Å². The van der Waals surface area contributed by atoms with Crippen molar-refractivity contribution in [2.75, 3.05) is 0 Å². The van der Waals surface area contributed by atoms with Crippen LogP contribution in [0.25, 0.3) is 5.69 Å². The van der Waals surface area contributed by atoms with Gasteiger partial charge in [0.05, 0.1) is 11.9 Å². The molecular formula is C12H14F2N4. The quantitative estimate of drug-likeness (QED) is 0.905. The van der Waals surface area contributed by atoms with E-state index in [0.717, 1.165) is 6.07 Å². The summed E-state index contributed by atoms with van der Waals surface area (Å²) in [5.74, 6) is -1.82. The van der Waals surface area contributed by atoms with Gasteiger partial charge in [0.2, 0.25) is 0 Å². The van der Waals surface area contributed by atoms with E-state index in [0.29, 0.717) is 12.2 Å². The number of rotatable bonds is 4. The number of benzene rings is 1. The minimum atomic E-state index is -0.922. The van der Waals surface area contributed by atoms with Crippen LogP contribution in [0.2, 0.25) is 0 Å². The monoisotopic (exact) mass is 252 g/mol. The van der Waals surface area contributed by atoms with Gasteiger partial charge in [-0.3, -0.25) is 0 Å². The Hall–Kier alpha value is -1.82. The van der Waals surface area contributed by atoms with Crippen LogP contribution in [-0.4, -0.2) is 21.0 Å². The standard InChI is InChI=1S/C12H14F2N4/c1-8(2)15-6-9-7-16-17-18(9)11-5-3-4-10(13)12(11)14/h3-5,7-8,15H,6H2,1-2H3. The normalized spacial score (nSPS) is 11.2. The molecule has 1 N–H and O–H groups in total. The van der Waals surface area contributed by atoms with Gasteiger partial charge in [0.15, 0.2) is 11.6 Å². The smallest absolute Gasteiger partial charge is 0.184 e. The molecule has 1 aromatic carbocycles. The highest BCUT2D eigenvalue weighted by molar-refractivity contribution is 5.34. The third-order valence-corrected chi connectivity index (χ3v) is 2.47. The van der Waals surface area contributed by atoms with Crippen molar-refractivity contribution in [3.63, 3.8) is 0 Å². The van der Waals surface area contributed by atoms with Crippen LogP contribution in [0.4, 0.5) is 8.78 Å². The molecule has 2 rings (SSSR count). The maximum atomic E-state index is 13.7. The molecule has 4 nitrogen and oxygen atoms in total. The summed E-state index contributed by atoms with van der Waals surface area (Å²) in [6.07, 6.45) is 1.53. The average molecular weight is 252 g/mol. The highest BCUT2D eigenvalue weighted by Crippen LogP contribution is 2.16. The molecule has 1 aromatic heterocycles. The second-order valence-electron chi connectivity index (χ2n) is 4.25. The first-order valence-electron chi connectivity index (χ1n) is 5.67. The van der Waals surface area contributed by atoms with Crippen LogP contribution in [0.15, 0.2) is 24.4 Å². The highest BCUT2D eigenvalue weighted by atomic mass is 19.2. The molecule has 0 aliphatic heterocycles. The molecule has 0 fully saturated rings. The predicted octanol–water partition coefficient (Wildman–Crippen LogP) is 2.04. The number of nitrogens with zero attached hydrogens (tertiary/aromatic N) is 3. The van der Waals surface area contributed by atoms with E-state index in [1.807, 2.05) is 13.8 Å². The third-order valence-electron chi connectivity index (χ3n) is 2.47. The van der Waals surface area contributed by atoms with Gasteiger partial charge in [0, 0.05) is 12.6 Å². The van der Waals surface area contributed by atoms with Crippen molar-refractivity contribution >= 4 is 0 Å². The fourth-order valence-corrected chi connectivity index (χ4v) is 1.54. The Balaban J connectivity index is 2.33. The van der Waals surface area contributed by atoms with Crippen molar-refractivity contribution in [2.45, 2.75) is 26.4 Å². The van der Waals surface area contributed by atoms with Gasteiger partial charge in [-0.05, 0) is 12.1 Å². The Morgan fingerprint density at radius 3 is 2.83 bits per heavy atom. The summed E-state index contributed by atoms with van der Waals surface area (Å²) in [4.78, 5) is 0. The molecule has 0 atom stereocenters. The van der Waals surface area contributed by atoms with Gasteiger partial charge in [-0.25, -0.2) is 13.5 Å². The Morgan fingerprint density at radius 2 is 2.11 bits per heavy atom. The zero-order chi connectivity index (χ0) is 13.1. The topological polar surface area (TPSA) is 42.7 Å². The largest absolute Gasteiger partial charge is 0.309 e. The van der Waals surface area contributed by atoms with Crippen molar-refractivity contribution in [3.8, 4) is 5.69 Å². The maximum absolute atomic E-state index is 13.7. The Bertz CT molecular complexity index is 537. The number of nitrogens with one attached hydrogen (secondary N) is 1. The summed E-state index contributed by atoms with van der Waals surface area (Å²) in [7, 11) is 0. The Kier molecular flexibility index (Phi) is 3.66. The molecule has 18 heavy (non-hydrogen) atoms. The summed E-state index contributed by atoms with van der Waals surface area (Å²) in [6, 6.07) is 4.26. The van der Waals surface area contributed by atoms with E-state index in [-0.39, 0.29) is 11.7 Å². The van der Waals surface area contributed by atoms with Crippen molar-refractivity contribution < 1.29 is 8.78 Å². The molecule has 0 radical (unpaired) electrons. The molecule has 1 heterocycles. The van der Waals surface area contributed by atoms with Crippen LogP contribution in [-0.2, 0) is 6.54 Å². The SMILES string of the molecule is CC(C)NCc1cnnn1-c1cccc(F)c1F.